The predicted octanol–water partition coefficient (Wildman–Crippen LogP) is 3.27. The highest BCUT2D eigenvalue weighted by atomic mass is 16.2. The summed E-state index contributed by atoms with van der Waals surface area (Å²) in [6.45, 7) is 3.69. The second-order valence-electron chi connectivity index (χ2n) is 7.83. The van der Waals surface area contributed by atoms with Crippen LogP contribution in [0.4, 0.5) is 11.4 Å². The number of rotatable bonds is 7. The number of carbonyl (C=O) groups is 3. The lowest BCUT2D eigenvalue weighted by molar-refractivity contribution is -0.116. The molecule has 9 nitrogen and oxygen atoms in total. The van der Waals surface area contributed by atoms with Crippen LogP contribution in [0.1, 0.15) is 44.1 Å². The molecule has 2 aromatic carbocycles. The van der Waals surface area contributed by atoms with Crippen molar-refractivity contribution in [3.05, 3.63) is 88.9 Å². The van der Waals surface area contributed by atoms with Crippen LogP contribution in [0.25, 0.3) is 5.65 Å². The molecular formula is C25H24N6O3. The SMILES string of the molecule is Cc1nc2c(C(N)=O)cnn2c(C)c1CCC(=O)Nc1ccccc1NC(=O)c1ccccc1. The number of fused-ring (bicyclic) bond motifs is 1. The standard InChI is InChI=1S/C25H24N6O3/c1-15-18(16(2)31-24(28-15)19(14-27-31)23(26)33)12-13-22(32)29-20-10-6-7-11-21(20)30-25(34)17-8-4-3-5-9-17/h3-11,14H,12-13H2,1-2H3,(H2,26,33)(H,29,32)(H,30,34). The fraction of sp³-hybridized carbons (Fsp3) is 0.160. The third-order valence-corrected chi connectivity index (χ3v) is 5.56. The largest absolute Gasteiger partial charge is 0.365 e. The van der Waals surface area contributed by atoms with Crippen LogP contribution in [-0.4, -0.2) is 32.3 Å². The summed E-state index contributed by atoms with van der Waals surface area (Å²) in [6.07, 6.45) is 2.02. The molecule has 0 aliphatic rings. The first-order valence-electron chi connectivity index (χ1n) is 10.7. The van der Waals surface area contributed by atoms with Gasteiger partial charge in [0.05, 0.1) is 17.6 Å². The number of nitrogens with one attached hydrogen (secondary N) is 2. The summed E-state index contributed by atoms with van der Waals surface area (Å²) < 4.78 is 1.56. The summed E-state index contributed by atoms with van der Waals surface area (Å²) in [5.74, 6) is -1.06. The Morgan fingerprint density at radius 2 is 1.59 bits per heavy atom. The van der Waals surface area contributed by atoms with Crippen molar-refractivity contribution in [3.63, 3.8) is 0 Å². The molecule has 3 amide bonds. The number of benzene rings is 2. The van der Waals surface area contributed by atoms with Crippen molar-refractivity contribution in [2.45, 2.75) is 26.7 Å². The summed E-state index contributed by atoms with van der Waals surface area (Å²) in [6, 6.07) is 15.9. The third-order valence-electron chi connectivity index (χ3n) is 5.56. The molecule has 0 fully saturated rings. The molecule has 34 heavy (non-hydrogen) atoms. The van der Waals surface area contributed by atoms with Gasteiger partial charge in [-0.15, -0.1) is 0 Å². The van der Waals surface area contributed by atoms with Crippen LogP contribution in [-0.2, 0) is 11.2 Å². The molecule has 4 N–H and O–H groups in total. The predicted molar refractivity (Wildman–Crippen MR) is 129 cm³/mol. The minimum absolute atomic E-state index is 0.194. The first-order chi connectivity index (χ1) is 16.3. The summed E-state index contributed by atoms with van der Waals surface area (Å²) in [5.41, 5.74) is 9.96. The van der Waals surface area contributed by atoms with Crippen LogP contribution < -0.4 is 16.4 Å². The van der Waals surface area contributed by atoms with Crippen molar-refractivity contribution in [1.29, 1.82) is 0 Å². The van der Waals surface area contributed by atoms with Gasteiger partial charge in [0.1, 0.15) is 5.56 Å². The van der Waals surface area contributed by atoms with Gasteiger partial charge in [-0.3, -0.25) is 14.4 Å². The van der Waals surface area contributed by atoms with Gasteiger partial charge in [-0.25, -0.2) is 9.50 Å². The Morgan fingerprint density at radius 3 is 2.26 bits per heavy atom. The fourth-order valence-corrected chi connectivity index (χ4v) is 3.78. The number of aryl methyl sites for hydroxylation is 2. The molecule has 0 atom stereocenters. The normalized spacial score (nSPS) is 10.8. The summed E-state index contributed by atoms with van der Waals surface area (Å²) >= 11 is 0. The molecule has 0 bridgehead atoms. The van der Waals surface area contributed by atoms with Crippen LogP contribution in [0, 0.1) is 13.8 Å². The van der Waals surface area contributed by atoms with Crippen LogP contribution in [0.3, 0.4) is 0 Å². The van der Waals surface area contributed by atoms with E-state index in [4.69, 9.17) is 5.73 Å². The molecule has 0 aliphatic heterocycles. The van der Waals surface area contributed by atoms with E-state index in [0.29, 0.717) is 34.7 Å². The van der Waals surface area contributed by atoms with Crippen molar-refractivity contribution in [3.8, 4) is 0 Å². The van der Waals surface area contributed by atoms with E-state index in [1.807, 2.05) is 19.9 Å². The Hall–Kier alpha value is -4.53. The molecule has 9 heteroatoms. The van der Waals surface area contributed by atoms with E-state index in [0.717, 1.165) is 11.3 Å². The highest BCUT2D eigenvalue weighted by Crippen LogP contribution is 2.23. The smallest absolute Gasteiger partial charge is 0.255 e. The monoisotopic (exact) mass is 456 g/mol. The van der Waals surface area contributed by atoms with E-state index < -0.39 is 5.91 Å². The Kier molecular flexibility index (Phi) is 6.35. The zero-order valence-corrected chi connectivity index (χ0v) is 18.8. The maximum Gasteiger partial charge on any atom is 0.255 e. The average molecular weight is 457 g/mol. The number of carbonyl (C=O) groups excluding carboxylic acids is 3. The van der Waals surface area contributed by atoms with Gasteiger partial charge in [0.25, 0.3) is 11.8 Å². The van der Waals surface area contributed by atoms with Crippen molar-refractivity contribution in [2.24, 2.45) is 5.73 Å². The second kappa shape index (κ2) is 9.53. The molecule has 0 radical (unpaired) electrons. The Bertz CT molecular complexity index is 1390. The number of hydrogen-bond donors (Lipinski definition) is 3. The van der Waals surface area contributed by atoms with Crippen molar-refractivity contribution >= 4 is 34.7 Å². The van der Waals surface area contributed by atoms with E-state index >= 15 is 0 Å². The van der Waals surface area contributed by atoms with Crippen LogP contribution in [0.15, 0.2) is 60.8 Å². The average Bonchev–Trinajstić information content (AvgIpc) is 3.25. The molecular weight excluding hydrogens is 432 g/mol. The number of nitrogens with two attached hydrogens (primary N) is 1. The number of anilines is 2. The topological polar surface area (TPSA) is 131 Å². The quantitative estimate of drug-likeness (QED) is 0.393. The lowest BCUT2D eigenvalue weighted by atomic mass is 10.1. The van der Waals surface area contributed by atoms with Crippen LogP contribution >= 0.6 is 0 Å². The molecule has 0 unspecified atom stereocenters. The molecule has 0 spiro atoms. The number of primary amides is 1. The van der Waals surface area contributed by atoms with Crippen LogP contribution in [0.5, 0.6) is 0 Å². The summed E-state index contributed by atoms with van der Waals surface area (Å²) in [4.78, 5) is 41.3. The Morgan fingerprint density at radius 1 is 0.941 bits per heavy atom. The third kappa shape index (κ3) is 4.63. The number of para-hydroxylation sites is 2. The second-order valence-corrected chi connectivity index (χ2v) is 7.83. The van der Waals surface area contributed by atoms with Gasteiger partial charge >= 0.3 is 0 Å². The lowest BCUT2D eigenvalue weighted by Gasteiger charge is -2.14. The minimum atomic E-state index is -0.591. The molecule has 0 aliphatic carbocycles. The first-order valence-corrected chi connectivity index (χ1v) is 10.7. The van der Waals surface area contributed by atoms with Crippen LogP contribution in [0.2, 0.25) is 0 Å². The van der Waals surface area contributed by atoms with E-state index in [1.165, 1.54) is 6.20 Å². The number of aromatic nitrogens is 3. The van der Waals surface area contributed by atoms with E-state index in [1.54, 1.807) is 53.0 Å². The highest BCUT2D eigenvalue weighted by molar-refractivity contribution is 6.07. The minimum Gasteiger partial charge on any atom is -0.365 e. The zero-order valence-electron chi connectivity index (χ0n) is 18.8. The number of amides is 3. The molecule has 172 valence electrons. The van der Waals surface area contributed by atoms with Gasteiger partial charge in [0.15, 0.2) is 5.65 Å². The van der Waals surface area contributed by atoms with E-state index in [2.05, 4.69) is 20.7 Å². The summed E-state index contributed by atoms with van der Waals surface area (Å²) in [7, 11) is 0. The van der Waals surface area contributed by atoms with Crippen molar-refractivity contribution < 1.29 is 14.4 Å². The first kappa shape index (κ1) is 22.7. The number of hydrogen-bond acceptors (Lipinski definition) is 5. The van der Waals surface area contributed by atoms with Gasteiger partial charge in [-0.1, -0.05) is 30.3 Å². The maximum atomic E-state index is 12.7. The molecule has 4 rings (SSSR count). The van der Waals surface area contributed by atoms with E-state index in [-0.39, 0.29) is 23.8 Å². The number of nitrogens with zero attached hydrogens (tertiary/aromatic N) is 3. The lowest BCUT2D eigenvalue weighted by Crippen LogP contribution is -2.17. The van der Waals surface area contributed by atoms with Crippen molar-refractivity contribution in [2.75, 3.05) is 10.6 Å². The van der Waals surface area contributed by atoms with Crippen molar-refractivity contribution in [1.82, 2.24) is 14.6 Å². The molecule has 0 saturated heterocycles. The van der Waals surface area contributed by atoms with Gasteiger partial charge in [0, 0.05) is 23.4 Å². The molecule has 0 saturated carbocycles. The summed E-state index contributed by atoms with van der Waals surface area (Å²) in [5, 5.41) is 9.93. The van der Waals surface area contributed by atoms with Gasteiger partial charge in [-0.05, 0) is 50.1 Å². The van der Waals surface area contributed by atoms with Gasteiger partial charge < -0.3 is 16.4 Å². The Balaban J connectivity index is 1.47. The van der Waals surface area contributed by atoms with Gasteiger partial charge in [0.2, 0.25) is 5.91 Å². The molecule has 2 heterocycles. The highest BCUT2D eigenvalue weighted by Gasteiger charge is 2.17. The maximum absolute atomic E-state index is 12.7. The molecule has 4 aromatic rings. The zero-order chi connectivity index (χ0) is 24.2. The van der Waals surface area contributed by atoms with Gasteiger partial charge in [-0.2, -0.15) is 5.10 Å². The Labute approximate surface area is 196 Å². The molecule has 2 aromatic heterocycles. The fourth-order valence-electron chi connectivity index (χ4n) is 3.78. The van der Waals surface area contributed by atoms with E-state index in [9.17, 15) is 14.4 Å².